The molecule has 0 bridgehead atoms. The first kappa shape index (κ1) is 49.0. The third kappa shape index (κ3) is 15.5. The minimum absolute atomic E-state index is 0. The normalized spacial score (nSPS) is 12.3. The number of rotatable bonds is 0. The van der Waals surface area contributed by atoms with Gasteiger partial charge in [0.05, 0.1) is 0 Å². The third-order valence-electron chi connectivity index (χ3n) is 8.10. The van der Waals surface area contributed by atoms with Gasteiger partial charge in [0.1, 0.15) is 0 Å². The van der Waals surface area contributed by atoms with Gasteiger partial charge in [-0.25, -0.2) is 12.2 Å². The maximum absolute atomic E-state index is 5.52. The first-order valence-corrected chi connectivity index (χ1v) is 19.3. The van der Waals surface area contributed by atoms with Crippen molar-refractivity contribution in [2.24, 2.45) is 0 Å². The van der Waals surface area contributed by atoms with Gasteiger partial charge in [-0.2, -0.15) is 90.5 Å². The Hall–Kier alpha value is -2.02. The van der Waals surface area contributed by atoms with E-state index in [1.165, 1.54) is 68.7 Å². The van der Waals surface area contributed by atoms with Gasteiger partial charge in [-0.1, -0.05) is 111 Å². The summed E-state index contributed by atoms with van der Waals surface area (Å²) in [7, 11) is 0. The molecule has 0 aliphatic heterocycles. The predicted octanol–water partition coefficient (Wildman–Crippen LogP) is 14.0. The SMILES string of the molecule is CC(C)(C)c1[c-]c2c(cc1C(C)(C)C)-c1cc(C(C)(C)C)c(C(C)(C)C)cc1C2.Cl.Cl.Clc1cc[c-]cc1.[C-]1=CC=CC1.[CH2]=[Zr].[c-]1ccccc1. The second-order valence-corrected chi connectivity index (χ2v) is 16.9. The third-order valence-corrected chi connectivity index (χ3v) is 8.36. The van der Waals surface area contributed by atoms with Crippen LogP contribution >= 0.6 is 36.4 Å². The molecule has 4 aromatic carbocycles. The molecule has 0 saturated carbocycles. The van der Waals surface area contributed by atoms with Crippen molar-refractivity contribution >= 4 is 40.6 Å². The zero-order valence-corrected chi connectivity index (χ0v) is 37.8. The number of fused-ring (bicyclic) bond motifs is 3. The van der Waals surface area contributed by atoms with Crippen LogP contribution in [0.15, 0.2) is 91.0 Å². The molecule has 0 nitrogen and oxygen atoms in total. The van der Waals surface area contributed by atoms with Crippen molar-refractivity contribution in [1.29, 1.82) is 0 Å². The molecule has 0 saturated heterocycles. The summed E-state index contributed by atoms with van der Waals surface area (Å²) in [6.07, 6.45) is 11.0. The molecule has 0 aromatic heterocycles. The summed E-state index contributed by atoms with van der Waals surface area (Å²) in [6.45, 7) is 28.0. The van der Waals surface area contributed by atoms with Gasteiger partial charge in [0.2, 0.25) is 0 Å². The predicted molar refractivity (Wildman–Crippen MR) is 227 cm³/mol. The Labute approximate surface area is 344 Å². The zero-order valence-electron chi connectivity index (χ0n) is 33.0. The van der Waals surface area contributed by atoms with Crippen LogP contribution in [0.3, 0.4) is 0 Å². The van der Waals surface area contributed by atoms with Gasteiger partial charge in [0, 0.05) is 0 Å². The molecule has 0 spiro atoms. The van der Waals surface area contributed by atoms with Crippen LogP contribution < -0.4 is 0 Å². The second-order valence-electron chi connectivity index (χ2n) is 16.5. The van der Waals surface area contributed by atoms with Gasteiger partial charge in [0.15, 0.2) is 0 Å². The summed E-state index contributed by atoms with van der Waals surface area (Å²) in [5.41, 5.74) is 11.9. The number of halogens is 3. The topological polar surface area (TPSA) is 0 Å². The average molecular weight is 822 g/mol. The van der Waals surface area contributed by atoms with E-state index in [0.717, 1.165) is 17.9 Å². The van der Waals surface area contributed by atoms with Crippen molar-refractivity contribution in [2.75, 3.05) is 0 Å². The van der Waals surface area contributed by atoms with E-state index in [4.69, 9.17) is 11.6 Å². The fourth-order valence-corrected chi connectivity index (χ4v) is 5.80. The van der Waals surface area contributed by atoms with Crippen LogP contribution in [0.4, 0.5) is 0 Å². The van der Waals surface area contributed by atoms with E-state index in [1.54, 1.807) is 24.3 Å². The Morgan fingerprint density at radius 1 is 0.627 bits per heavy atom. The van der Waals surface area contributed by atoms with Crippen molar-refractivity contribution in [1.82, 2.24) is 0 Å². The molecule has 6 rings (SSSR count). The maximum atomic E-state index is 5.52. The smallest absolute Gasteiger partial charge is 0.171 e. The quantitative estimate of drug-likeness (QED) is 0.137. The molecule has 0 amide bonds. The molecule has 0 heterocycles. The van der Waals surface area contributed by atoms with Gasteiger partial charge in [-0.05, 0) is 39.4 Å². The Morgan fingerprint density at radius 3 is 1.45 bits per heavy atom. The van der Waals surface area contributed by atoms with Crippen molar-refractivity contribution in [3.05, 3.63) is 154 Å². The molecule has 0 radical (unpaired) electrons. The van der Waals surface area contributed by atoms with E-state index in [0.29, 0.717) is 0 Å². The zero-order chi connectivity index (χ0) is 37.0. The van der Waals surface area contributed by atoms with Crippen LogP contribution in [0, 0.1) is 24.3 Å². The van der Waals surface area contributed by atoms with Crippen molar-refractivity contribution in [3.8, 4) is 11.1 Å². The van der Waals surface area contributed by atoms with Crippen molar-refractivity contribution in [2.45, 2.75) is 118 Å². The van der Waals surface area contributed by atoms with E-state index >= 15 is 0 Å². The summed E-state index contributed by atoms with van der Waals surface area (Å²) < 4.78 is 3.34. The van der Waals surface area contributed by atoms with Gasteiger partial charge >= 0.3 is 28.4 Å². The molecule has 0 unspecified atom stereocenters. The minimum Gasteiger partial charge on any atom is -0.184 e. The van der Waals surface area contributed by atoms with Crippen LogP contribution in [0.2, 0.25) is 5.02 Å². The standard InChI is InChI=1S/C29H41.C6H4Cl.C6H5.C5H5.CH2.2ClH.Zr/c1-26(2,3)22-14-18-13-19-15-23(27(4,5)6)25(29(10,11)12)17-21(19)20(18)16-24(22)28(7,8)9;7-6-4-2-1-3-5-6;1-2-4-6-5-3-1;1-2-4-5-3-1;;;;/h14,16-17H,13H2,1-12H3;2-5H;1-5H;1-3H,4H2;1H2;2*1H;/q4*-1;;;;. The summed E-state index contributed by atoms with van der Waals surface area (Å²) in [5, 5.41) is 0.763. The van der Waals surface area contributed by atoms with Crippen LogP contribution in [0.5, 0.6) is 0 Å². The molecule has 4 heteroatoms. The maximum Gasteiger partial charge on any atom is -0.171 e. The van der Waals surface area contributed by atoms with E-state index in [-0.39, 0.29) is 46.5 Å². The van der Waals surface area contributed by atoms with E-state index in [1.807, 2.05) is 42.5 Å². The average Bonchev–Trinajstić information content (AvgIpc) is 3.73. The number of hydrogen-bond acceptors (Lipinski definition) is 0. The van der Waals surface area contributed by atoms with Crippen molar-refractivity contribution < 1.29 is 24.2 Å². The molecule has 2 aliphatic carbocycles. The molecule has 51 heavy (non-hydrogen) atoms. The van der Waals surface area contributed by atoms with E-state index in [2.05, 4.69) is 136 Å². The van der Waals surface area contributed by atoms with Crippen LogP contribution in [0.25, 0.3) is 11.1 Å². The van der Waals surface area contributed by atoms with Crippen LogP contribution in [-0.2, 0) is 52.3 Å². The van der Waals surface area contributed by atoms with Gasteiger partial charge in [0.25, 0.3) is 0 Å². The molecule has 2 aliphatic rings. The molecule has 0 atom stereocenters. The van der Waals surface area contributed by atoms with Crippen molar-refractivity contribution in [3.63, 3.8) is 0 Å². The number of hydrogen-bond donors (Lipinski definition) is 0. The van der Waals surface area contributed by atoms with Gasteiger partial charge in [-0.3, -0.25) is 6.08 Å². The summed E-state index contributed by atoms with van der Waals surface area (Å²) in [6, 6.07) is 33.9. The van der Waals surface area contributed by atoms with Crippen LogP contribution in [0.1, 0.15) is 123 Å². The molecule has 4 aromatic rings. The number of allylic oxidation sites excluding steroid dienone is 4. The summed E-state index contributed by atoms with van der Waals surface area (Å²) in [5.74, 6) is 0. The fraction of sp³-hybridized carbons (Fsp3) is 0.383. The number of benzene rings is 4. The summed E-state index contributed by atoms with van der Waals surface area (Å²) >= 11 is 6.82. The summed E-state index contributed by atoms with van der Waals surface area (Å²) in [4.78, 5) is 0. The van der Waals surface area contributed by atoms with E-state index in [9.17, 15) is 0 Å². The molecule has 276 valence electrons. The first-order valence-electron chi connectivity index (χ1n) is 17.2. The fourth-order valence-electron chi connectivity index (χ4n) is 5.67. The molecular formula is C47H59Cl3Zr-4. The monoisotopic (exact) mass is 818 g/mol. The first-order chi connectivity index (χ1) is 22.8. The van der Waals surface area contributed by atoms with Gasteiger partial charge < -0.3 is 0 Å². The Balaban J connectivity index is 0.000000915. The molecule has 0 fully saturated rings. The van der Waals surface area contributed by atoms with Gasteiger partial charge in [-0.15, -0.1) is 59.5 Å². The Morgan fingerprint density at radius 2 is 1.12 bits per heavy atom. The minimum atomic E-state index is 0. The molecular weight excluding hydrogens is 762 g/mol. The Kier molecular flexibility index (Phi) is 20.8. The Bertz CT molecular complexity index is 1540. The van der Waals surface area contributed by atoms with E-state index < -0.39 is 0 Å². The second kappa shape index (κ2) is 21.6. The largest absolute Gasteiger partial charge is 0.184 e. The molecule has 0 N–H and O–H groups in total. The van der Waals surface area contributed by atoms with Crippen LogP contribution in [-0.4, -0.2) is 4.21 Å².